The summed E-state index contributed by atoms with van der Waals surface area (Å²) in [6.07, 6.45) is 0. The zero-order valence-electron chi connectivity index (χ0n) is 28.8. The second-order valence-corrected chi connectivity index (χ2v) is 13.9. The van der Waals surface area contributed by atoms with Gasteiger partial charge in [-0.25, -0.2) is 0 Å². The molecule has 0 saturated carbocycles. The summed E-state index contributed by atoms with van der Waals surface area (Å²) in [6.45, 7) is 0.0417. The van der Waals surface area contributed by atoms with Crippen LogP contribution >= 0.6 is 0 Å². The Kier molecular flexibility index (Phi) is 6.68. The summed E-state index contributed by atoms with van der Waals surface area (Å²) in [5.41, 5.74) is 12.9. The van der Waals surface area contributed by atoms with E-state index in [1.165, 1.54) is 54.9 Å². The zero-order chi connectivity index (χ0) is 34.9. The molecule has 9 aromatic rings. The Bertz CT molecular complexity index is 2780. The Hall–Kier alpha value is -6.84. The molecule has 2 aliphatic heterocycles. The maximum Gasteiger partial charge on any atom is 0.260 e. The van der Waals surface area contributed by atoms with Gasteiger partial charge in [0, 0.05) is 5.46 Å². The molecule has 246 valence electrons. The minimum Gasteiger partial charge on any atom is -0.458 e. The van der Waals surface area contributed by atoms with Crippen LogP contribution in [0, 0.1) is 0 Å². The van der Waals surface area contributed by atoms with Crippen LogP contribution in [0.1, 0.15) is 0 Å². The van der Waals surface area contributed by atoms with Crippen LogP contribution in [0.2, 0.25) is 0 Å². The number of ether oxygens (including phenoxy) is 2. The summed E-state index contributed by atoms with van der Waals surface area (Å²) < 4.78 is 13.4. The first-order chi connectivity index (χ1) is 26.3. The van der Waals surface area contributed by atoms with Crippen LogP contribution in [0.3, 0.4) is 0 Å². The molecule has 2 aliphatic rings. The van der Waals surface area contributed by atoms with E-state index in [9.17, 15) is 0 Å². The number of fused-ring (bicyclic) bond motifs is 6. The Morgan fingerprint density at radius 3 is 1.40 bits per heavy atom. The molecule has 3 heteroatoms. The van der Waals surface area contributed by atoms with E-state index in [2.05, 4.69) is 176 Å². The van der Waals surface area contributed by atoms with Crippen LogP contribution in [-0.4, -0.2) is 6.71 Å². The highest BCUT2D eigenvalue weighted by Gasteiger charge is 2.40. The van der Waals surface area contributed by atoms with E-state index in [0.29, 0.717) is 0 Å². The largest absolute Gasteiger partial charge is 0.458 e. The molecule has 2 nitrogen and oxygen atoms in total. The fourth-order valence-corrected chi connectivity index (χ4v) is 8.72. The molecule has 0 fully saturated rings. The Balaban J connectivity index is 1.14. The van der Waals surface area contributed by atoms with Gasteiger partial charge in [-0.1, -0.05) is 158 Å². The van der Waals surface area contributed by atoms with Gasteiger partial charge < -0.3 is 9.47 Å². The normalized spacial score (nSPS) is 12.4. The maximum absolute atomic E-state index is 6.71. The third kappa shape index (κ3) is 4.68. The van der Waals surface area contributed by atoms with Crippen molar-refractivity contribution in [3.05, 3.63) is 188 Å². The minimum absolute atomic E-state index is 0.0417. The molecule has 0 atom stereocenters. The molecular formula is C50H31BO2. The molecular weight excluding hydrogens is 643 g/mol. The van der Waals surface area contributed by atoms with Gasteiger partial charge in [0.15, 0.2) is 0 Å². The number of rotatable bonds is 4. The lowest BCUT2D eigenvalue weighted by molar-refractivity contribution is 0.465. The van der Waals surface area contributed by atoms with E-state index >= 15 is 0 Å². The van der Waals surface area contributed by atoms with Crippen LogP contribution in [0.4, 0.5) is 0 Å². The van der Waals surface area contributed by atoms with E-state index in [0.717, 1.165) is 50.5 Å². The van der Waals surface area contributed by atoms with E-state index in [-0.39, 0.29) is 6.71 Å². The minimum atomic E-state index is 0.0417. The van der Waals surface area contributed by atoms with Crippen LogP contribution in [0.5, 0.6) is 23.0 Å². The number of benzene rings is 9. The van der Waals surface area contributed by atoms with Crippen molar-refractivity contribution in [2.24, 2.45) is 0 Å². The van der Waals surface area contributed by atoms with Gasteiger partial charge in [-0.05, 0) is 107 Å². The number of hydrogen-bond donors (Lipinski definition) is 0. The zero-order valence-corrected chi connectivity index (χ0v) is 28.8. The first kappa shape index (κ1) is 29.9. The van der Waals surface area contributed by atoms with Crippen molar-refractivity contribution in [3.8, 4) is 67.5 Å². The predicted octanol–water partition coefficient (Wildman–Crippen LogP) is 11.4. The Labute approximate surface area is 308 Å². The van der Waals surface area contributed by atoms with Gasteiger partial charge in [-0.2, -0.15) is 0 Å². The van der Waals surface area contributed by atoms with E-state index in [4.69, 9.17) is 9.47 Å². The summed E-state index contributed by atoms with van der Waals surface area (Å²) in [4.78, 5) is 0. The lowest BCUT2D eigenvalue weighted by Crippen LogP contribution is -2.57. The predicted molar refractivity (Wildman–Crippen MR) is 221 cm³/mol. The summed E-state index contributed by atoms with van der Waals surface area (Å²) >= 11 is 0. The average Bonchev–Trinajstić information content (AvgIpc) is 3.23. The molecule has 2 heterocycles. The van der Waals surface area contributed by atoms with E-state index in [1.54, 1.807) is 0 Å². The molecule has 0 N–H and O–H groups in total. The second kappa shape index (κ2) is 11.9. The highest BCUT2D eigenvalue weighted by molar-refractivity contribution is 6.98. The molecule has 0 saturated heterocycles. The molecule has 53 heavy (non-hydrogen) atoms. The SMILES string of the molecule is c1ccc(-c2cccc(-c3c4ccccc4c(-c4ccccc4-c4cc5c6c(c4)Oc4ccccc4B6c4ccccc4O5)c4ccccc34)c2)cc1. The highest BCUT2D eigenvalue weighted by Crippen LogP contribution is 2.47. The van der Waals surface area contributed by atoms with Gasteiger partial charge in [0.25, 0.3) is 6.71 Å². The standard InChI is InChI=1S/C50H31BO2/c1-2-15-32(16-3-1)33-17-14-18-34(29-33)48-38-21-6-8-23-40(38)49(41-24-9-7-22-39(41)48)37-20-5-4-19-36(37)35-30-46-50-47(31-35)53-45-28-13-11-26-43(45)51(50)42-25-10-12-27-44(42)52-46/h1-31H. The van der Waals surface area contributed by atoms with Crippen molar-refractivity contribution in [2.75, 3.05) is 0 Å². The lowest BCUT2D eigenvalue weighted by atomic mass is 9.35. The lowest BCUT2D eigenvalue weighted by Gasteiger charge is -2.33. The molecule has 0 aliphatic carbocycles. The molecule has 0 unspecified atom stereocenters. The van der Waals surface area contributed by atoms with E-state index < -0.39 is 0 Å². The number of para-hydroxylation sites is 2. The van der Waals surface area contributed by atoms with Crippen molar-refractivity contribution >= 4 is 44.6 Å². The van der Waals surface area contributed by atoms with Crippen LogP contribution in [0.25, 0.3) is 66.1 Å². The Morgan fingerprint density at radius 1 is 0.302 bits per heavy atom. The van der Waals surface area contributed by atoms with Gasteiger partial charge in [-0.15, -0.1) is 0 Å². The van der Waals surface area contributed by atoms with Gasteiger partial charge in [-0.3, -0.25) is 0 Å². The summed E-state index contributed by atoms with van der Waals surface area (Å²) in [5.74, 6) is 3.46. The van der Waals surface area contributed by atoms with Crippen LogP contribution in [-0.2, 0) is 0 Å². The molecule has 11 rings (SSSR count). The quantitative estimate of drug-likeness (QED) is 0.137. The maximum atomic E-state index is 6.71. The highest BCUT2D eigenvalue weighted by atomic mass is 16.5. The Morgan fingerprint density at radius 2 is 0.774 bits per heavy atom. The molecule has 0 aromatic heterocycles. The monoisotopic (exact) mass is 674 g/mol. The summed E-state index contributed by atoms with van der Waals surface area (Å²) in [6, 6.07) is 67.3. The van der Waals surface area contributed by atoms with Crippen molar-refractivity contribution in [1.29, 1.82) is 0 Å². The third-order valence-corrected chi connectivity index (χ3v) is 11.0. The van der Waals surface area contributed by atoms with Crippen LogP contribution in [0.15, 0.2) is 188 Å². The first-order valence-electron chi connectivity index (χ1n) is 18.2. The van der Waals surface area contributed by atoms with Gasteiger partial charge in [0.05, 0.1) is 0 Å². The van der Waals surface area contributed by atoms with Gasteiger partial charge in [0.1, 0.15) is 23.0 Å². The fraction of sp³-hybridized carbons (Fsp3) is 0. The topological polar surface area (TPSA) is 18.5 Å². The second-order valence-electron chi connectivity index (χ2n) is 13.9. The molecule has 0 bridgehead atoms. The molecule has 9 aromatic carbocycles. The summed E-state index contributed by atoms with van der Waals surface area (Å²) in [5, 5.41) is 4.89. The molecule has 0 spiro atoms. The first-order valence-corrected chi connectivity index (χ1v) is 18.2. The van der Waals surface area contributed by atoms with Crippen molar-refractivity contribution in [1.82, 2.24) is 0 Å². The van der Waals surface area contributed by atoms with Crippen molar-refractivity contribution < 1.29 is 9.47 Å². The van der Waals surface area contributed by atoms with Gasteiger partial charge in [0.2, 0.25) is 0 Å². The fourth-order valence-electron chi connectivity index (χ4n) is 8.72. The van der Waals surface area contributed by atoms with Crippen molar-refractivity contribution in [2.45, 2.75) is 0 Å². The molecule has 0 amide bonds. The smallest absolute Gasteiger partial charge is 0.260 e. The van der Waals surface area contributed by atoms with E-state index in [1.807, 2.05) is 12.1 Å². The van der Waals surface area contributed by atoms with Crippen molar-refractivity contribution in [3.63, 3.8) is 0 Å². The average molecular weight is 675 g/mol. The third-order valence-electron chi connectivity index (χ3n) is 11.0. The molecule has 0 radical (unpaired) electrons. The van der Waals surface area contributed by atoms with Gasteiger partial charge >= 0.3 is 0 Å². The van der Waals surface area contributed by atoms with Crippen LogP contribution < -0.4 is 25.9 Å². The summed E-state index contributed by atoms with van der Waals surface area (Å²) in [7, 11) is 0. The number of hydrogen-bond acceptors (Lipinski definition) is 2.